The second-order valence-corrected chi connectivity index (χ2v) is 2.24. The van der Waals surface area contributed by atoms with Gasteiger partial charge in [0.15, 0.2) is 0 Å². The number of aromatic nitrogens is 2. The molecule has 0 atom stereocenters. The third-order valence-corrected chi connectivity index (χ3v) is 1.74. The topological polar surface area (TPSA) is 8.81 Å². The molecule has 0 aliphatic carbocycles. The summed E-state index contributed by atoms with van der Waals surface area (Å²) in [5.74, 6) is 1.30. The Hall–Kier alpha value is -0.440. The Kier molecular flexibility index (Phi) is 3.50. The Morgan fingerprint density at radius 1 is 1.60 bits per heavy atom. The molecule has 1 aromatic rings. The van der Waals surface area contributed by atoms with E-state index in [1.807, 2.05) is 0 Å². The van der Waals surface area contributed by atoms with E-state index in [1.165, 1.54) is 5.82 Å². The zero-order valence-corrected chi connectivity index (χ0v) is 7.60. The monoisotopic (exact) mass is 158 g/mol. The lowest BCUT2D eigenvalue weighted by atomic mass is 10.6. The molecule has 0 unspecified atom stereocenters. The normalized spacial score (nSPS) is 9.10. The van der Waals surface area contributed by atoms with E-state index >= 15 is 0 Å². The third-order valence-electron chi connectivity index (χ3n) is 1.74. The summed E-state index contributed by atoms with van der Waals surface area (Å²) in [5, 5.41) is 0. The number of rotatable bonds is 1. The highest BCUT2D eigenvalue weighted by atomic mass is 32.1. The van der Waals surface area contributed by atoms with E-state index in [-0.39, 0.29) is 13.5 Å². The van der Waals surface area contributed by atoms with Crippen LogP contribution in [0, 0.1) is 6.92 Å². The number of thiol groups is 1. The van der Waals surface area contributed by atoms with Crippen molar-refractivity contribution < 1.29 is 4.57 Å². The Morgan fingerprint density at radius 3 is 2.40 bits per heavy atom. The maximum absolute atomic E-state index is 2.21. The highest BCUT2D eigenvalue weighted by Crippen LogP contribution is 1.89. The summed E-state index contributed by atoms with van der Waals surface area (Å²) in [6.07, 6.45) is 4.16. The van der Waals surface area contributed by atoms with Gasteiger partial charge in [-0.05, 0) is 6.92 Å². The minimum Gasteiger partial charge on any atom is -0.813 e. The number of hydrogen-bond donors (Lipinski definition) is 0. The van der Waals surface area contributed by atoms with E-state index in [4.69, 9.17) is 0 Å². The highest BCUT2D eigenvalue weighted by molar-refractivity contribution is 7.37. The van der Waals surface area contributed by atoms with Gasteiger partial charge in [-0.15, -0.1) is 0 Å². The number of aryl methyl sites for hydroxylation is 2. The SMILES string of the molecule is CCn1cc[n+](C)c1C.[SH-]. The summed E-state index contributed by atoms with van der Waals surface area (Å²) in [6, 6.07) is 0. The van der Waals surface area contributed by atoms with E-state index in [1.54, 1.807) is 0 Å². The van der Waals surface area contributed by atoms with Gasteiger partial charge in [-0.3, -0.25) is 0 Å². The number of nitrogens with zero attached hydrogens (tertiary/aromatic N) is 2. The smallest absolute Gasteiger partial charge is 0.252 e. The first-order chi connectivity index (χ1) is 4.25. The lowest BCUT2D eigenvalue weighted by Gasteiger charge is -1.90. The maximum atomic E-state index is 2.21. The van der Waals surface area contributed by atoms with Crippen LogP contribution in [0.4, 0.5) is 0 Å². The van der Waals surface area contributed by atoms with Gasteiger partial charge in [0.25, 0.3) is 5.82 Å². The zero-order valence-electron chi connectivity index (χ0n) is 6.70. The van der Waals surface area contributed by atoms with Crippen LogP contribution in [0.3, 0.4) is 0 Å². The Balaban J connectivity index is 0.000000810. The zero-order chi connectivity index (χ0) is 6.85. The van der Waals surface area contributed by atoms with E-state index in [9.17, 15) is 0 Å². The van der Waals surface area contributed by atoms with Crippen LogP contribution >= 0.6 is 0 Å². The van der Waals surface area contributed by atoms with Gasteiger partial charge in [-0.25, -0.2) is 9.13 Å². The lowest BCUT2D eigenvalue weighted by molar-refractivity contribution is -0.677. The van der Waals surface area contributed by atoms with E-state index < -0.39 is 0 Å². The highest BCUT2D eigenvalue weighted by Gasteiger charge is 2.03. The summed E-state index contributed by atoms with van der Waals surface area (Å²) < 4.78 is 4.32. The fourth-order valence-corrected chi connectivity index (χ4v) is 0.933. The van der Waals surface area contributed by atoms with Gasteiger partial charge >= 0.3 is 0 Å². The number of imidazole rings is 1. The second-order valence-electron chi connectivity index (χ2n) is 2.24. The predicted octanol–water partition coefficient (Wildman–Crippen LogP) is 0.371. The third kappa shape index (κ3) is 1.53. The minimum atomic E-state index is 0. The van der Waals surface area contributed by atoms with Crippen molar-refractivity contribution in [2.75, 3.05) is 0 Å². The molecule has 0 amide bonds. The van der Waals surface area contributed by atoms with Gasteiger partial charge in [0.1, 0.15) is 12.4 Å². The van der Waals surface area contributed by atoms with Crippen molar-refractivity contribution in [1.29, 1.82) is 0 Å². The van der Waals surface area contributed by atoms with Crippen molar-refractivity contribution in [3.8, 4) is 0 Å². The average molecular weight is 158 g/mol. The molecule has 0 saturated carbocycles. The van der Waals surface area contributed by atoms with Crippen LogP contribution in [0.5, 0.6) is 0 Å². The first-order valence-corrected chi connectivity index (χ1v) is 3.27. The van der Waals surface area contributed by atoms with Crippen LogP contribution in [-0.2, 0) is 27.1 Å². The van der Waals surface area contributed by atoms with E-state index in [0.29, 0.717) is 0 Å². The van der Waals surface area contributed by atoms with Crippen molar-refractivity contribution in [3.63, 3.8) is 0 Å². The molecule has 3 heteroatoms. The average Bonchev–Trinajstić information content (AvgIpc) is 2.15. The Bertz CT molecular complexity index is 205. The van der Waals surface area contributed by atoms with E-state index in [0.717, 1.165) is 6.54 Å². The van der Waals surface area contributed by atoms with Crippen LogP contribution in [-0.4, -0.2) is 4.57 Å². The molecule has 0 aliphatic heterocycles. The molecule has 0 radical (unpaired) electrons. The Labute approximate surface area is 68.9 Å². The van der Waals surface area contributed by atoms with Gasteiger partial charge in [0.05, 0.1) is 13.6 Å². The molecular formula is C7H14N2S. The summed E-state index contributed by atoms with van der Waals surface area (Å²) in [7, 11) is 2.06. The standard InChI is InChI=1S/C7H13N2.H2S/c1-4-9-6-5-8(3)7(9)2;/h5-6H,4H2,1-3H3;1H2/q+1;/p-1. The van der Waals surface area contributed by atoms with Crippen molar-refractivity contribution in [2.24, 2.45) is 7.05 Å². The molecule has 0 aliphatic rings. The summed E-state index contributed by atoms with van der Waals surface area (Å²) in [6.45, 7) is 5.32. The van der Waals surface area contributed by atoms with Gasteiger partial charge in [0.2, 0.25) is 0 Å². The summed E-state index contributed by atoms with van der Waals surface area (Å²) in [5.41, 5.74) is 0. The summed E-state index contributed by atoms with van der Waals surface area (Å²) in [4.78, 5) is 0. The van der Waals surface area contributed by atoms with Crippen molar-refractivity contribution >= 4 is 13.5 Å². The lowest BCUT2D eigenvalue weighted by Crippen LogP contribution is -2.29. The first-order valence-electron chi connectivity index (χ1n) is 3.27. The van der Waals surface area contributed by atoms with Gasteiger partial charge in [-0.1, -0.05) is 0 Å². The fraction of sp³-hybridized carbons (Fsp3) is 0.571. The molecule has 0 bridgehead atoms. The van der Waals surface area contributed by atoms with Crippen LogP contribution in [0.2, 0.25) is 0 Å². The molecule has 58 valence electrons. The molecule has 1 aromatic heterocycles. The fourth-order valence-electron chi connectivity index (χ4n) is 0.933. The molecule has 1 rings (SSSR count). The molecule has 10 heavy (non-hydrogen) atoms. The molecule has 2 nitrogen and oxygen atoms in total. The van der Waals surface area contributed by atoms with Gasteiger partial charge in [0, 0.05) is 6.92 Å². The molecule has 0 saturated heterocycles. The largest absolute Gasteiger partial charge is 0.813 e. The number of hydrogen-bond acceptors (Lipinski definition) is 1. The predicted molar refractivity (Wildman–Crippen MR) is 44.8 cm³/mol. The van der Waals surface area contributed by atoms with Crippen molar-refractivity contribution in [1.82, 2.24) is 4.57 Å². The first kappa shape index (κ1) is 9.56. The van der Waals surface area contributed by atoms with Crippen molar-refractivity contribution in [2.45, 2.75) is 20.4 Å². The summed E-state index contributed by atoms with van der Waals surface area (Å²) >= 11 is 0. The van der Waals surface area contributed by atoms with Gasteiger partial charge in [-0.2, -0.15) is 0 Å². The molecule has 0 fully saturated rings. The maximum Gasteiger partial charge on any atom is 0.252 e. The molecule has 1 heterocycles. The minimum absolute atomic E-state index is 0. The van der Waals surface area contributed by atoms with Crippen LogP contribution in [0.25, 0.3) is 0 Å². The van der Waals surface area contributed by atoms with Gasteiger partial charge < -0.3 is 13.5 Å². The molecule has 0 aromatic carbocycles. The second kappa shape index (κ2) is 3.66. The quantitative estimate of drug-likeness (QED) is 0.326. The molecule has 0 spiro atoms. The van der Waals surface area contributed by atoms with E-state index in [2.05, 4.69) is 42.4 Å². The van der Waals surface area contributed by atoms with Crippen molar-refractivity contribution in [3.05, 3.63) is 18.2 Å². The molecular weight excluding hydrogens is 144 g/mol. The molecule has 0 N–H and O–H groups in total. The van der Waals surface area contributed by atoms with Crippen LogP contribution in [0.1, 0.15) is 12.7 Å². The van der Waals surface area contributed by atoms with Crippen LogP contribution < -0.4 is 4.57 Å². The Morgan fingerprint density at radius 2 is 2.20 bits per heavy atom. The van der Waals surface area contributed by atoms with Crippen LogP contribution in [0.15, 0.2) is 12.4 Å².